The van der Waals surface area contributed by atoms with Crippen LogP contribution in [0.5, 0.6) is 0 Å². The number of hydrogen-bond acceptors (Lipinski definition) is 3. The van der Waals surface area contributed by atoms with Gasteiger partial charge in [0.15, 0.2) is 0 Å². The van der Waals surface area contributed by atoms with Gasteiger partial charge in [0.2, 0.25) is 5.91 Å². The van der Waals surface area contributed by atoms with E-state index in [1.165, 1.54) is 0 Å². The van der Waals surface area contributed by atoms with Crippen molar-refractivity contribution < 1.29 is 9.59 Å². The predicted octanol–water partition coefficient (Wildman–Crippen LogP) is 2.90. The molecular formula is C20H25N3O2. The molecule has 132 valence electrons. The molecular weight excluding hydrogens is 314 g/mol. The number of nitrogens with zero attached hydrogens (tertiary/aromatic N) is 2. The van der Waals surface area contributed by atoms with Crippen molar-refractivity contribution in [1.29, 1.82) is 0 Å². The van der Waals surface area contributed by atoms with Gasteiger partial charge in [-0.2, -0.15) is 0 Å². The van der Waals surface area contributed by atoms with Gasteiger partial charge in [-0.15, -0.1) is 0 Å². The summed E-state index contributed by atoms with van der Waals surface area (Å²) >= 11 is 0. The third kappa shape index (κ3) is 3.50. The first-order valence-electron chi connectivity index (χ1n) is 8.80. The highest BCUT2D eigenvalue weighted by molar-refractivity contribution is 6.07. The average molecular weight is 339 g/mol. The molecule has 2 aromatic rings. The van der Waals surface area contributed by atoms with Crippen molar-refractivity contribution in [3.63, 3.8) is 0 Å². The van der Waals surface area contributed by atoms with Crippen LogP contribution in [0.3, 0.4) is 0 Å². The Labute approximate surface area is 148 Å². The zero-order chi connectivity index (χ0) is 18.1. The summed E-state index contributed by atoms with van der Waals surface area (Å²) in [7, 11) is 0. The van der Waals surface area contributed by atoms with Gasteiger partial charge in [-0.3, -0.25) is 14.6 Å². The van der Waals surface area contributed by atoms with Crippen molar-refractivity contribution in [3.8, 4) is 0 Å². The van der Waals surface area contributed by atoms with Crippen molar-refractivity contribution in [3.05, 3.63) is 40.6 Å². The minimum Gasteiger partial charge on any atom is -0.347 e. The van der Waals surface area contributed by atoms with E-state index in [1.807, 2.05) is 39.0 Å². The summed E-state index contributed by atoms with van der Waals surface area (Å²) in [4.78, 5) is 31.1. The Morgan fingerprint density at radius 1 is 1.24 bits per heavy atom. The molecule has 3 rings (SSSR count). The highest BCUT2D eigenvalue weighted by Gasteiger charge is 2.25. The first kappa shape index (κ1) is 17.4. The maximum atomic E-state index is 13.0. The number of benzene rings is 1. The lowest BCUT2D eigenvalue weighted by atomic mass is 9.98. The van der Waals surface area contributed by atoms with E-state index < -0.39 is 0 Å². The van der Waals surface area contributed by atoms with Crippen molar-refractivity contribution in [2.45, 2.75) is 46.6 Å². The summed E-state index contributed by atoms with van der Waals surface area (Å²) in [5, 5.41) is 4.03. The largest absolute Gasteiger partial charge is 0.347 e. The molecule has 0 aliphatic carbocycles. The van der Waals surface area contributed by atoms with E-state index in [0.717, 1.165) is 47.1 Å². The van der Waals surface area contributed by atoms with Crippen LogP contribution in [0.15, 0.2) is 18.2 Å². The molecule has 2 heterocycles. The standard InChI is InChI=1S/C20H25N3O2/c1-12-7-8-18-17(10-12)19(13(2)14(3)21-18)20(25)22-16-6-5-9-23(11-16)15(4)24/h7-8,10,16H,5-6,9,11H2,1-4H3,(H,22,25)/t16-/m0/s1. The smallest absolute Gasteiger partial charge is 0.252 e. The number of aryl methyl sites for hydroxylation is 2. The molecule has 0 spiro atoms. The van der Waals surface area contributed by atoms with Crippen molar-refractivity contribution in [2.75, 3.05) is 13.1 Å². The van der Waals surface area contributed by atoms with Gasteiger partial charge in [-0.25, -0.2) is 0 Å². The first-order valence-corrected chi connectivity index (χ1v) is 8.80. The van der Waals surface area contributed by atoms with Crippen LogP contribution in [-0.2, 0) is 4.79 Å². The van der Waals surface area contributed by atoms with E-state index in [2.05, 4.69) is 10.3 Å². The fraction of sp³-hybridized carbons (Fsp3) is 0.450. The fourth-order valence-electron chi connectivity index (χ4n) is 3.53. The zero-order valence-electron chi connectivity index (χ0n) is 15.3. The number of likely N-dealkylation sites (tertiary alicyclic amines) is 1. The van der Waals surface area contributed by atoms with Crippen LogP contribution in [0.25, 0.3) is 10.9 Å². The minimum absolute atomic E-state index is 0.00196. The number of piperidine rings is 1. The van der Waals surface area contributed by atoms with Gasteiger partial charge < -0.3 is 10.2 Å². The average Bonchev–Trinajstić information content (AvgIpc) is 2.56. The predicted molar refractivity (Wildman–Crippen MR) is 98.7 cm³/mol. The monoisotopic (exact) mass is 339 g/mol. The molecule has 0 unspecified atom stereocenters. The number of hydrogen-bond donors (Lipinski definition) is 1. The molecule has 1 fully saturated rings. The summed E-state index contributed by atoms with van der Waals surface area (Å²) < 4.78 is 0. The van der Waals surface area contributed by atoms with Gasteiger partial charge in [-0.05, 0) is 51.3 Å². The van der Waals surface area contributed by atoms with Crippen LogP contribution in [0.2, 0.25) is 0 Å². The van der Waals surface area contributed by atoms with E-state index in [9.17, 15) is 9.59 Å². The van der Waals surface area contributed by atoms with Crippen LogP contribution in [0, 0.1) is 20.8 Å². The Bertz CT molecular complexity index is 844. The van der Waals surface area contributed by atoms with Gasteiger partial charge in [0.25, 0.3) is 5.91 Å². The molecule has 1 aliphatic rings. The lowest BCUT2D eigenvalue weighted by Gasteiger charge is -2.32. The van der Waals surface area contributed by atoms with E-state index in [4.69, 9.17) is 0 Å². The normalized spacial score (nSPS) is 17.6. The van der Waals surface area contributed by atoms with Crippen molar-refractivity contribution in [2.24, 2.45) is 0 Å². The highest BCUT2D eigenvalue weighted by Crippen LogP contribution is 2.24. The molecule has 0 radical (unpaired) electrons. The summed E-state index contributed by atoms with van der Waals surface area (Å²) in [5.41, 5.74) is 4.43. The molecule has 1 aliphatic heterocycles. The van der Waals surface area contributed by atoms with Gasteiger partial charge >= 0.3 is 0 Å². The van der Waals surface area contributed by atoms with Gasteiger partial charge in [0.05, 0.1) is 11.1 Å². The summed E-state index contributed by atoms with van der Waals surface area (Å²) in [6.07, 6.45) is 1.81. The molecule has 0 bridgehead atoms. The van der Waals surface area contributed by atoms with Crippen LogP contribution >= 0.6 is 0 Å². The summed E-state index contributed by atoms with van der Waals surface area (Å²) in [6.45, 7) is 8.84. The van der Waals surface area contributed by atoms with Gasteiger partial charge in [0, 0.05) is 37.1 Å². The van der Waals surface area contributed by atoms with Gasteiger partial charge in [-0.1, -0.05) is 11.6 Å². The van der Waals surface area contributed by atoms with Crippen molar-refractivity contribution >= 4 is 22.7 Å². The lowest BCUT2D eigenvalue weighted by Crippen LogP contribution is -2.49. The Morgan fingerprint density at radius 3 is 2.72 bits per heavy atom. The first-order chi connectivity index (χ1) is 11.9. The molecule has 1 aromatic carbocycles. The second-order valence-electron chi connectivity index (χ2n) is 7.00. The highest BCUT2D eigenvalue weighted by atomic mass is 16.2. The number of fused-ring (bicyclic) bond motifs is 1. The summed E-state index contributed by atoms with van der Waals surface area (Å²) in [5.74, 6) is -0.00929. The quantitative estimate of drug-likeness (QED) is 0.915. The number of pyridine rings is 1. The Morgan fingerprint density at radius 2 is 2.00 bits per heavy atom. The number of carbonyl (C=O) groups excluding carboxylic acids is 2. The zero-order valence-corrected chi connectivity index (χ0v) is 15.3. The minimum atomic E-state index is -0.0750. The molecule has 5 heteroatoms. The summed E-state index contributed by atoms with van der Waals surface area (Å²) in [6, 6.07) is 5.99. The number of amides is 2. The van der Waals surface area contributed by atoms with Crippen molar-refractivity contribution in [1.82, 2.24) is 15.2 Å². The van der Waals surface area contributed by atoms with Crippen LogP contribution in [0.1, 0.15) is 46.9 Å². The number of nitrogens with one attached hydrogen (secondary N) is 1. The number of aromatic nitrogens is 1. The molecule has 1 aromatic heterocycles. The fourth-order valence-corrected chi connectivity index (χ4v) is 3.53. The maximum Gasteiger partial charge on any atom is 0.252 e. The topological polar surface area (TPSA) is 62.3 Å². The maximum absolute atomic E-state index is 13.0. The van der Waals surface area contributed by atoms with E-state index in [-0.39, 0.29) is 17.9 Å². The van der Waals surface area contributed by atoms with Crippen LogP contribution in [-0.4, -0.2) is 40.8 Å². The number of rotatable bonds is 2. The van der Waals surface area contributed by atoms with Gasteiger partial charge in [0.1, 0.15) is 0 Å². The Kier molecular flexibility index (Phi) is 4.75. The number of carbonyl (C=O) groups is 2. The third-order valence-electron chi connectivity index (χ3n) is 5.06. The Hall–Kier alpha value is -2.43. The van der Waals surface area contributed by atoms with E-state index in [1.54, 1.807) is 11.8 Å². The second kappa shape index (κ2) is 6.82. The molecule has 1 atom stereocenters. The molecule has 1 N–H and O–H groups in total. The molecule has 1 saturated heterocycles. The molecule has 2 amide bonds. The SMILES string of the molecule is CC(=O)N1CCC[C@H](NC(=O)c2c(C)c(C)nc3ccc(C)cc23)C1. The molecule has 5 nitrogen and oxygen atoms in total. The molecule has 25 heavy (non-hydrogen) atoms. The van der Waals surface area contributed by atoms with Crippen LogP contribution in [0.4, 0.5) is 0 Å². The van der Waals surface area contributed by atoms with Crippen LogP contribution < -0.4 is 5.32 Å². The second-order valence-corrected chi connectivity index (χ2v) is 7.00. The Balaban J connectivity index is 1.93. The van der Waals surface area contributed by atoms with E-state index in [0.29, 0.717) is 12.1 Å². The van der Waals surface area contributed by atoms with E-state index >= 15 is 0 Å². The third-order valence-corrected chi connectivity index (χ3v) is 5.06. The molecule has 0 saturated carbocycles. The lowest BCUT2D eigenvalue weighted by molar-refractivity contribution is -0.130.